The standard InChI is InChI=1S/C42H38N4O6S2/c1-42(2,3)52-41(50)45-32(26-16-8-4-9-17-26)36(47)44-33-38(48)46-34(40(49)51-35(27-18-10-5-11-19-27)28-20-12-6-13-21-28)30(25-53-39(33)46)31-24-43-37(54-31)29-22-14-7-15-23-29/h4-24,32-33,35,39H,25H2,1-3H3,(H,44,47)(H,45,50). The van der Waals surface area contributed by atoms with E-state index in [1.165, 1.54) is 28.0 Å². The van der Waals surface area contributed by atoms with Crippen LogP contribution in [0.3, 0.4) is 0 Å². The molecule has 2 aliphatic heterocycles. The summed E-state index contributed by atoms with van der Waals surface area (Å²) in [4.78, 5) is 62.3. The van der Waals surface area contributed by atoms with Gasteiger partial charge in [0.15, 0.2) is 6.10 Å². The van der Waals surface area contributed by atoms with Crippen molar-refractivity contribution in [1.82, 2.24) is 20.5 Å². The third kappa shape index (κ3) is 7.95. The van der Waals surface area contributed by atoms with E-state index in [2.05, 4.69) is 15.6 Å². The number of rotatable bonds is 10. The minimum absolute atomic E-state index is 0.112. The van der Waals surface area contributed by atoms with Crippen molar-refractivity contribution < 1.29 is 28.7 Å². The van der Waals surface area contributed by atoms with E-state index in [1.54, 1.807) is 57.3 Å². The van der Waals surface area contributed by atoms with Crippen molar-refractivity contribution in [3.63, 3.8) is 0 Å². The molecule has 0 aliphatic carbocycles. The summed E-state index contributed by atoms with van der Waals surface area (Å²) in [6.45, 7) is 5.19. The number of amides is 3. The quantitative estimate of drug-likeness (QED) is 0.111. The van der Waals surface area contributed by atoms with Crippen LogP contribution in [-0.4, -0.2) is 56.5 Å². The molecule has 3 heterocycles. The van der Waals surface area contributed by atoms with Crippen LogP contribution in [-0.2, 0) is 23.9 Å². The highest BCUT2D eigenvalue weighted by Gasteiger charge is 2.55. The van der Waals surface area contributed by atoms with Gasteiger partial charge in [0, 0.05) is 23.1 Å². The molecular weight excluding hydrogens is 721 g/mol. The Morgan fingerprint density at radius 3 is 1.94 bits per heavy atom. The molecule has 4 aromatic carbocycles. The van der Waals surface area contributed by atoms with E-state index in [9.17, 15) is 19.2 Å². The summed E-state index contributed by atoms with van der Waals surface area (Å²) in [5, 5.41) is 5.68. The number of hydrogen-bond acceptors (Lipinski definition) is 9. The number of nitrogens with zero attached hydrogens (tertiary/aromatic N) is 2. The normalized spacial score (nSPS) is 17.3. The third-order valence-electron chi connectivity index (χ3n) is 8.77. The molecule has 12 heteroatoms. The van der Waals surface area contributed by atoms with Crippen molar-refractivity contribution in [2.45, 2.75) is 49.9 Å². The number of aromatic nitrogens is 1. The van der Waals surface area contributed by atoms with Gasteiger partial charge in [-0.2, -0.15) is 0 Å². The zero-order chi connectivity index (χ0) is 37.8. The molecule has 2 N–H and O–H groups in total. The van der Waals surface area contributed by atoms with Gasteiger partial charge in [-0.05, 0) is 37.5 Å². The van der Waals surface area contributed by atoms with E-state index < -0.39 is 53.0 Å². The monoisotopic (exact) mass is 758 g/mol. The molecule has 2 aliphatic rings. The number of carbonyl (C=O) groups excluding carboxylic acids is 4. The highest BCUT2D eigenvalue weighted by molar-refractivity contribution is 8.00. The number of benzene rings is 4. The van der Waals surface area contributed by atoms with Gasteiger partial charge in [0.05, 0.1) is 4.88 Å². The molecule has 0 spiro atoms. The fourth-order valence-corrected chi connectivity index (χ4v) is 8.70. The number of alkyl carbamates (subject to hydrolysis) is 1. The molecule has 1 fully saturated rings. The molecule has 3 atom stereocenters. The van der Waals surface area contributed by atoms with E-state index in [4.69, 9.17) is 9.47 Å². The Kier molecular flexibility index (Phi) is 10.7. The van der Waals surface area contributed by atoms with Crippen LogP contribution in [0.4, 0.5) is 4.79 Å². The predicted octanol–water partition coefficient (Wildman–Crippen LogP) is 7.52. The van der Waals surface area contributed by atoms with Crippen LogP contribution in [0.5, 0.6) is 0 Å². The van der Waals surface area contributed by atoms with Gasteiger partial charge in [0.25, 0.3) is 5.91 Å². The number of hydrogen-bond donors (Lipinski definition) is 2. The first-order valence-corrected chi connectivity index (χ1v) is 19.3. The summed E-state index contributed by atoms with van der Waals surface area (Å²) in [5.41, 5.74) is 2.93. The molecule has 1 aromatic heterocycles. The van der Waals surface area contributed by atoms with Crippen LogP contribution >= 0.6 is 23.1 Å². The molecule has 3 unspecified atom stereocenters. The first-order chi connectivity index (χ1) is 26.1. The summed E-state index contributed by atoms with van der Waals surface area (Å²) in [6, 6.07) is 35.2. The Morgan fingerprint density at radius 2 is 1.37 bits per heavy atom. The Labute approximate surface area is 321 Å². The van der Waals surface area contributed by atoms with Gasteiger partial charge in [0.1, 0.15) is 33.8 Å². The van der Waals surface area contributed by atoms with Gasteiger partial charge in [-0.1, -0.05) is 121 Å². The van der Waals surface area contributed by atoms with Crippen LogP contribution in [0, 0.1) is 0 Å². The number of thioether (sulfide) groups is 1. The number of carbonyl (C=O) groups is 4. The van der Waals surface area contributed by atoms with Crippen LogP contribution in [0.2, 0.25) is 0 Å². The van der Waals surface area contributed by atoms with Crippen molar-refractivity contribution in [3.8, 4) is 10.6 Å². The highest BCUT2D eigenvalue weighted by atomic mass is 32.2. The van der Waals surface area contributed by atoms with Gasteiger partial charge in [0.2, 0.25) is 5.91 Å². The Bertz CT molecular complexity index is 2130. The predicted molar refractivity (Wildman–Crippen MR) is 209 cm³/mol. The fraction of sp³-hybridized carbons (Fsp3) is 0.214. The maximum Gasteiger partial charge on any atom is 0.408 e. The molecule has 274 valence electrons. The topological polar surface area (TPSA) is 127 Å². The average molecular weight is 759 g/mol. The summed E-state index contributed by atoms with van der Waals surface area (Å²) < 4.78 is 11.8. The molecule has 0 radical (unpaired) electrons. The zero-order valence-electron chi connectivity index (χ0n) is 29.8. The molecule has 54 heavy (non-hydrogen) atoms. The molecule has 3 amide bonds. The highest BCUT2D eigenvalue weighted by Crippen LogP contribution is 2.46. The Balaban J connectivity index is 1.20. The lowest BCUT2D eigenvalue weighted by molar-refractivity contribution is -0.154. The summed E-state index contributed by atoms with van der Waals surface area (Å²) in [5.74, 6) is -1.39. The molecule has 10 nitrogen and oxygen atoms in total. The SMILES string of the molecule is CC(C)(C)OC(=O)NC(C(=O)NC1C(=O)N2C(C(=O)OC(c3ccccc3)c3ccccc3)=C(c3cnc(-c4ccccc4)s3)CSC12)c1ccccc1. The lowest BCUT2D eigenvalue weighted by atomic mass is 9.99. The van der Waals surface area contributed by atoms with Crippen molar-refractivity contribution in [2.75, 3.05) is 5.75 Å². The van der Waals surface area contributed by atoms with E-state index in [1.807, 2.05) is 91.0 Å². The zero-order valence-corrected chi connectivity index (χ0v) is 31.4. The van der Waals surface area contributed by atoms with Crippen molar-refractivity contribution in [3.05, 3.63) is 155 Å². The lowest BCUT2D eigenvalue weighted by Crippen LogP contribution is -2.71. The van der Waals surface area contributed by atoms with E-state index >= 15 is 0 Å². The van der Waals surface area contributed by atoms with Gasteiger partial charge in [-0.15, -0.1) is 23.1 Å². The second-order valence-corrected chi connectivity index (χ2v) is 15.9. The largest absolute Gasteiger partial charge is 0.448 e. The molecule has 5 aromatic rings. The summed E-state index contributed by atoms with van der Waals surface area (Å²) >= 11 is 2.85. The second kappa shape index (κ2) is 15.7. The van der Waals surface area contributed by atoms with Crippen molar-refractivity contribution >= 4 is 52.5 Å². The number of nitrogens with one attached hydrogen (secondary N) is 2. The Morgan fingerprint density at radius 1 is 0.815 bits per heavy atom. The molecule has 7 rings (SSSR count). The van der Waals surface area contributed by atoms with Gasteiger partial charge < -0.3 is 20.1 Å². The van der Waals surface area contributed by atoms with E-state index in [-0.39, 0.29) is 5.70 Å². The van der Waals surface area contributed by atoms with Gasteiger partial charge in [-0.3, -0.25) is 14.5 Å². The summed E-state index contributed by atoms with van der Waals surface area (Å²) in [7, 11) is 0. The van der Waals surface area contributed by atoms with Crippen LogP contribution in [0.15, 0.2) is 133 Å². The minimum Gasteiger partial charge on any atom is -0.448 e. The lowest BCUT2D eigenvalue weighted by Gasteiger charge is -2.50. The van der Waals surface area contributed by atoms with Crippen molar-refractivity contribution in [2.24, 2.45) is 0 Å². The summed E-state index contributed by atoms with van der Waals surface area (Å²) in [6.07, 6.45) is 0.197. The number of ether oxygens (including phenoxy) is 2. The van der Waals surface area contributed by atoms with E-state index in [0.717, 1.165) is 26.6 Å². The van der Waals surface area contributed by atoms with Crippen LogP contribution in [0.1, 0.15) is 54.5 Å². The number of esters is 1. The van der Waals surface area contributed by atoms with Gasteiger partial charge in [-0.25, -0.2) is 14.6 Å². The number of fused-ring (bicyclic) bond motifs is 1. The van der Waals surface area contributed by atoms with Crippen LogP contribution < -0.4 is 10.6 Å². The number of β-lactam (4-membered cyclic amide) rings is 1. The minimum atomic E-state index is -1.14. The van der Waals surface area contributed by atoms with Crippen molar-refractivity contribution in [1.29, 1.82) is 0 Å². The van der Waals surface area contributed by atoms with Crippen LogP contribution in [0.25, 0.3) is 16.1 Å². The Hall–Kier alpha value is -5.72. The third-order valence-corrected chi connectivity index (χ3v) is 11.2. The molecular formula is C42H38N4O6S2. The fourth-order valence-electron chi connectivity index (χ4n) is 6.28. The second-order valence-electron chi connectivity index (χ2n) is 13.7. The number of thiazole rings is 1. The first kappa shape index (κ1) is 36.6. The molecule has 1 saturated heterocycles. The molecule has 0 bridgehead atoms. The average Bonchev–Trinajstić information content (AvgIpc) is 3.68. The molecule has 0 saturated carbocycles. The smallest absolute Gasteiger partial charge is 0.408 e. The van der Waals surface area contributed by atoms with E-state index in [0.29, 0.717) is 16.9 Å². The first-order valence-electron chi connectivity index (χ1n) is 17.4. The maximum absolute atomic E-state index is 14.6. The van der Waals surface area contributed by atoms with Gasteiger partial charge >= 0.3 is 12.1 Å². The maximum atomic E-state index is 14.6.